The Kier molecular flexibility index (Phi) is 9.46. The molecule has 0 saturated heterocycles. The number of hydrogen-bond donors (Lipinski definition) is 2. The molecule has 4 rings (SSSR count). The summed E-state index contributed by atoms with van der Waals surface area (Å²) in [6.45, 7) is 2.46. The minimum Gasteiger partial charge on any atom is -0.755 e. The highest BCUT2D eigenvalue weighted by atomic mass is 35.5. The third kappa shape index (κ3) is 7.62. The molecular weight excluding hydrogens is 612 g/mol. The van der Waals surface area contributed by atoms with Gasteiger partial charge in [-0.3, -0.25) is 27.7 Å². The van der Waals surface area contributed by atoms with Crippen molar-refractivity contribution in [3.63, 3.8) is 0 Å². The van der Waals surface area contributed by atoms with Crippen molar-refractivity contribution >= 4 is 51.9 Å². The predicted octanol–water partition coefficient (Wildman–Crippen LogP) is 4.37. The number of hydrogen-bond acceptors (Lipinski definition) is 8. The molecule has 2 aromatic carbocycles. The number of nitrogens with one attached hydrogen (secondary N) is 2. The van der Waals surface area contributed by atoms with E-state index in [0.717, 1.165) is 10.6 Å². The molecular formula is C27H23Cl2FN5O6S-. The van der Waals surface area contributed by atoms with Gasteiger partial charge in [0.1, 0.15) is 16.6 Å². The molecule has 0 radical (unpaired) electrons. The first-order valence-electron chi connectivity index (χ1n) is 12.2. The van der Waals surface area contributed by atoms with Crippen LogP contribution in [0.4, 0.5) is 15.9 Å². The van der Waals surface area contributed by atoms with Crippen LogP contribution in [-0.4, -0.2) is 28.8 Å². The van der Waals surface area contributed by atoms with Crippen LogP contribution in [-0.2, 0) is 29.2 Å². The zero-order valence-corrected chi connectivity index (χ0v) is 24.4. The molecule has 0 fully saturated rings. The highest BCUT2D eigenvalue weighted by Gasteiger charge is 2.30. The van der Waals surface area contributed by atoms with Crippen molar-refractivity contribution in [3.05, 3.63) is 109 Å². The normalized spacial score (nSPS) is 12.0. The monoisotopic (exact) mass is 634 g/mol. The van der Waals surface area contributed by atoms with Crippen molar-refractivity contribution in [2.45, 2.75) is 26.9 Å². The van der Waals surface area contributed by atoms with Crippen molar-refractivity contribution in [2.75, 3.05) is 5.32 Å². The number of aromatic nitrogens is 3. The highest BCUT2D eigenvalue weighted by molar-refractivity contribution is 7.77. The average molecular weight is 635 g/mol. The number of rotatable bonds is 10. The maximum Gasteiger partial charge on any atom is 0.332 e. The van der Waals surface area contributed by atoms with Crippen LogP contribution in [0.2, 0.25) is 10.0 Å². The Bertz CT molecular complexity index is 1760. The first-order chi connectivity index (χ1) is 19.8. The summed E-state index contributed by atoms with van der Waals surface area (Å²) in [5, 5.41) is 3.66. The van der Waals surface area contributed by atoms with Gasteiger partial charge in [-0.1, -0.05) is 35.3 Å². The van der Waals surface area contributed by atoms with E-state index in [1.165, 1.54) is 30.5 Å². The standard InChI is InChI=1S/C27H24Cl2FN5O6S/c1-27(2,25(37)33-42(39)40)15-35-23(36)13-22(34(26(35)38)14-16-3-5-17(28)6-4-16)31-18-7-9-19(10-8-18)41-24-20(29)11-12-21(30)32-24/h3-13,31H,14-15H2,1-2H3,(H,33,37)(H,39,40)/p-1. The molecule has 2 N–H and O–H groups in total. The Morgan fingerprint density at radius 2 is 1.71 bits per heavy atom. The fourth-order valence-corrected chi connectivity index (χ4v) is 4.51. The van der Waals surface area contributed by atoms with E-state index in [2.05, 4.69) is 10.3 Å². The molecule has 1 unspecified atom stereocenters. The Morgan fingerprint density at radius 3 is 2.36 bits per heavy atom. The zero-order chi connectivity index (χ0) is 30.6. The molecule has 0 saturated carbocycles. The number of pyridine rings is 1. The van der Waals surface area contributed by atoms with Gasteiger partial charge in [0.15, 0.2) is 0 Å². The van der Waals surface area contributed by atoms with E-state index in [1.807, 2.05) is 0 Å². The van der Waals surface area contributed by atoms with Gasteiger partial charge >= 0.3 is 5.69 Å². The molecule has 2 aromatic heterocycles. The highest BCUT2D eigenvalue weighted by Crippen LogP contribution is 2.28. The van der Waals surface area contributed by atoms with Gasteiger partial charge in [0.25, 0.3) is 5.56 Å². The molecule has 0 aliphatic rings. The molecule has 4 aromatic rings. The topological polar surface area (TPSA) is 147 Å². The van der Waals surface area contributed by atoms with Crippen LogP contribution in [0.25, 0.3) is 0 Å². The van der Waals surface area contributed by atoms with Gasteiger partial charge < -0.3 is 14.6 Å². The van der Waals surface area contributed by atoms with E-state index in [1.54, 1.807) is 53.3 Å². The second-order valence-electron chi connectivity index (χ2n) is 9.67. The van der Waals surface area contributed by atoms with Gasteiger partial charge in [-0.2, -0.15) is 9.37 Å². The second kappa shape index (κ2) is 12.9. The van der Waals surface area contributed by atoms with E-state index in [4.69, 9.17) is 27.9 Å². The lowest BCUT2D eigenvalue weighted by Gasteiger charge is -2.25. The molecule has 42 heavy (non-hydrogen) atoms. The predicted molar refractivity (Wildman–Crippen MR) is 155 cm³/mol. The number of halogens is 3. The summed E-state index contributed by atoms with van der Waals surface area (Å²) in [5.74, 6) is -1.32. The van der Waals surface area contributed by atoms with Gasteiger partial charge in [0.05, 0.1) is 12.0 Å². The molecule has 0 aliphatic carbocycles. The Hall–Kier alpha value is -4.04. The van der Waals surface area contributed by atoms with E-state index in [-0.39, 0.29) is 23.3 Å². The number of nitrogens with zero attached hydrogens (tertiary/aromatic N) is 3. The molecule has 0 spiro atoms. The van der Waals surface area contributed by atoms with E-state index >= 15 is 0 Å². The van der Waals surface area contributed by atoms with Crippen LogP contribution in [0.1, 0.15) is 19.4 Å². The molecule has 15 heteroatoms. The van der Waals surface area contributed by atoms with Crippen LogP contribution < -0.4 is 26.0 Å². The maximum atomic E-state index is 13.6. The lowest BCUT2D eigenvalue weighted by molar-refractivity contribution is -0.128. The number of carbonyl (C=O) groups is 1. The Labute approximate surface area is 251 Å². The summed E-state index contributed by atoms with van der Waals surface area (Å²) < 4.78 is 44.9. The summed E-state index contributed by atoms with van der Waals surface area (Å²) in [6.07, 6.45) is 0. The Morgan fingerprint density at radius 1 is 1.05 bits per heavy atom. The zero-order valence-electron chi connectivity index (χ0n) is 22.1. The Balaban J connectivity index is 1.68. The summed E-state index contributed by atoms with van der Waals surface area (Å²) in [7, 11) is 0. The summed E-state index contributed by atoms with van der Waals surface area (Å²) in [6, 6.07) is 16.6. The summed E-state index contributed by atoms with van der Waals surface area (Å²) in [4.78, 5) is 42.8. The minimum atomic E-state index is -2.86. The first-order valence-corrected chi connectivity index (χ1v) is 14.0. The fraction of sp³-hybridized carbons (Fsp3) is 0.185. The maximum absolute atomic E-state index is 13.6. The van der Waals surface area contributed by atoms with Crippen molar-refractivity contribution in [2.24, 2.45) is 5.41 Å². The van der Waals surface area contributed by atoms with Gasteiger partial charge in [-0.15, -0.1) is 0 Å². The van der Waals surface area contributed by atoms with Crippen molar-refractivity contribution in [3.8, 4) is 11.6 Å². The number of benzene rings is 2. The summed E-state index contributed by atoms with van der Waals surface area (Å²) >= 11 is 9.15. The minimum absolute atomic E-state index is 0.0285. The number of ether oxygens (including phenoxy) is 1. The van der Waals surface area contributed by atoms with E-state index < -0.39 is 46.3 Å². The van der Waals surface area contributed by atoms with Crippen molar-refractivity contribution in [1.29, 1.82) is 0 Å². The number of carbonyl (C=O) groups excluding carboxylic acids is 1. The molecule has 1 amide bonds. The molecule has 11 nitrogen and oxygen atoms in total. The van der Waals surface area contributed by atoms with E-state index in [0.29, 0.717) is 22.0 Å². The fourth-order valence-electron chi connectivity index (χ4n) is 3.81. The molecule has 1 atom stereocenters. The molecule has 2 heterocycles. The van der Waals surface area contributed by atoms with Gasteiger partial charge in [-0.25, -0.2) is 4.79 Å². The van der Waals surface area contributed by atoms with Gasteiger partial charge in [0.2, 0.25) is 17.7 Å². The third-order valence-corrected chi connectivity index (χ3v) is 6.89. The summed E-state index contributed by atoms with van der Waals surface area (Å²) in [5.41, 5.74) is -1.72. The number of anilines is 2. The first kappa shape index (κ1) is 30.9. The third-order valence-electron chi connectivity index (χ3n) is 6.00. The van der Waals surface area contributed by atoms with E-state index in [9.17, 15) is 27.5 Å². The molecule has 220 valence electrons. The van der Waals surface area contributed by atoms with Crippen molar-refractivity contribution in [1.82, 2.24) is 18.8 Å². The van der Waals surface area contributed by atoms with Crippen LogP contribution in [0, 0.1) is 11.4 Å². The largest absolute Gasteiger partial charge is 0.755 e. The van der Waals surface area contributed by atoms with Crippen LogP contribution >= 0.6 is 23.2 Å². The lowest BCUT2D eigenvalue weighted by Crippen LogP contribution is -2.47. The molecule has 0 aliphatic heterocycles. The van der Waals surface area contributed by atoms with Crippen LogP contribution in [0.15, 0.2) is 76.3 Å². The van der Waals surface area contributed by atoms with Crippen molar-refractivity contribution < 1.29 is 22.7 Å². The quantitative estimate of drug-likeness (QED) is 0.193. The van der Waals surface area contributed by atoms with Gasteiger partial charge in [0, 0.05) is 34.6 Å². The average Bonchev–Trinajstić information content (AvgIpc) is 2.92. The molecule has 0 bridgehead atoms. The van der Waals surface area contributed by atoms with Crippen LogP contribution in [0.5, 0.6) is 11.6 Å². The smallest absolute Gasteiger partial charge is 0.332 e. The second-order valence-corrected chi connectivity index (χ2v) is 11.2. The van der Waals surface area contributed by atoms with Gasteiger partial charge in [-0.05, 0) is 67.9 Å². The number of amides is 1. The SMILES string of the molecule is CC(C)(Cn1c(=O)cc(Nc2ccc(Oc3nc(F)ccc3Cl)cc2)n(Cc2ccc(Cl)cc2)c1=O)C(=O)NS(=O)[O-]. The lowest BCUT2D eigenvalue weighted by atomic mass is 9.92. The van der Waals surface area contributed by atoms with Crippen LogP contribution in [0.3, 0.4) is 0 Å².